The van der Waals surface area contributed by atoms with Crippen LogP contribution in [0.3, 0.4) is 0 Å². The Balaban J connectivity index is 2.69. The van der Waals surface area contributed by atoms with Crippen LogP contribution in [0.1, 0.15) is 13.8 Å². The molecule has 0 aliphatic heterocycles. The van der Waals surface area contributed by atoms with E-state index in [0.717, 1.165) is 4.47 Å². The van der Waals surface area contributed by atoms with Gasteiger partial charge in [0.2, 0.25) is 0 Å². The Labute approximate surface area is 103 Å². The van der Waals surface area contributed by atoms with Crippen molar-refractivity contribution >= 4 is 33.4 Å². The first kappa shape index (κ1) is 12.8. The largest absolute Gasteiger partial charge is 0.464 e. The minimum Gasteiger partial charge on any atom is -0.464 e. The predicted octanol–water partition coefficient (Wildman–Crippen LogP) is 1.79. The zero-order valence-electron chi connectivity index (χ0n) is 9.16. The molecule has 0 amide bonds. The van der Waals surface area contributed by atoms with Crippen molar-refractivity contribution in [3.8, 4) is 0 Å². The molecule has 3 N–H and O–H groups in total. The van der Waals surface area contributed by atoms with Gasteiger partial charge in [-0.05, 0) is 35.8 Å². The number of carbonyl (C=O) groups excluding carboxylic acids is 1. The summed E-state index contributed by atoms with van der Waals surface area (Å²) in [5.74, 6) is 0.148. The topological polar surface area (TPSA) is 77.2 Å². The summed E-state index contributed by atoms with van der Waals surface area (Å²) in [5, 5.41) is 2.89. The van der Waals surface area contributed by atoms with E-state index in [4.69, 9.17) is 10.5 Å². The molecule has 6 heteroatoms. The molecule has 0 aromatic carbocycles. The zero-order chi connectivity index (χ0) is 12.1. The summed E-state index contributed by atoms with van der Waals surface area (Å²) in [6.45, 7) is 3.81. The number of nitrogens with zero attached hydrogens (tertiary/aromatic N) is 1. The Kier molecular flexibility index (Phi) is 4.54. The quantitative estimate of drug-likeness (QED) is 0.826. The van der Waals surface area contributed by atoms with Gasteiger partial charge in [0.15, 0.2) is 0 Å². The maximum absolute atomic E-state index is 11.4. The summed E-state index contributed by atoms with van der Waals surface area (Å²) >= 11 is 3.25. The van der Waals surface area contributed by atoms with Gasteiger partial charge in [-0.25, -0.2) is 9.78 Å². The second-order valence-electron chi connectivity index (χ2n) is 3.21. The molecule has 0 aliphatic carbocycles. The van der Waals surface area contributed by atoms with Crippen molar-refractivity contribution in [2.45, 2.75) is 19.9 Å². The van der Waals surface area contributed by atoms with Gasteiger partial charge in [-0.3, -0.25) is 0 Å². The van der Waals surface area contributed by atoms with Crippen LogP contribution in [0, 0.1) is 0 Å². The van der Waals surface area contributed by atoms with Crippen molar-refractivity contribution in [1.82, 2.24) is 4.98 Å². The van der Waals surface area contributed by atoms with Gasteiger partial charge < -0.3 is 15.8 Å². The number of nitrogens with two attached hydrogens (primary N) is 1. The molecular weight excluding hydrogens is 274 g/mol. The van der Waals surface area contributed by atoms with E-state index in [1.165, 1.54) is 0 Å². The third kappa shape index (κ3) is 3.37. The van der Waals surface area contributed by atoms with E-state index in [0.29, 0.717) is 18.1 Å². The number of pyridine rings is 1. The fourth-order valence-electron chi connectivity index (χ4n) is 1.11. The van der Waals surface area contributed by atoms with Crippen LogP contribution in [-0.4, -0.2) is 23.6 Å². The zero-order valence-corrected chi connectivity index (χ0v) is 10.7. The predicted molar refractivity (Wildman–Crippen MR) is 66.1 cm³/mol. The molecule has 1 atom stereocenters. The first-order valence-electron chi connectivity index (χ1n) is 4.88. The second kappa shape index (κ2) is 5.69. The highest BCUT2D eigenvalue weighted by atomic mass is 79.9. The molecule has 0 fully saturated rings. The van der Waals surface area contributed by atoms with Crippen LogP contribution >= 0.6 is 15.9 Å². The highest BCUT2D eigenvalue weighted by molar-refractivity contribution is 9.10. The van der Waals surface area contributed by atoms with Crippen LogP contribution in [0.2, 0.25) is 0 Å². The minimum absolute atomic E-state index is 0.327. The number of anilines is 2. The number of hydrogen-bond acceptors (Lipinski definition) is 5. The second-order valence-corrected chi connectivity index (χ2v) is 4.13. The number of aromatic nitrogens is 1. The number of ether oxygens (including phenoxy) is 1. The van der Waals surface area contributed by atoms with Crippen molar-refractivity contribution in [2.75, 3.05) is 17.7 Å². The van der Waals surface area contributed by atoms with E-state index >= 15 is 0 Å². The fraction of sp³-hybridized carbons (Fsp3) is 0.400. The molecule has 1 unspecified atom stereocenters. The van der Waals surface area contributed by atoms with Crippen molar-refractivity contribution in [3.63, 3.8) is 0 Å². The van der Waals surface area contributed by atoms with Crippen LogP contribution in [-0.2, 0) is 9.53 Å². The first-order chi connectivity index (χ1) is 7.54. The van der Waals surface area contributed by atoms with E-state index in [9.17, 15) is 4.79 Å². The van der Waals surface area contributed by atoms with Gasteiger partial charge in [0.25, 0.3) is 0 Å². The van der Waals surface area contributed by atoms with Gasteiger partial charge in [0.1, 0.15) is 11.9 Å². The smallest absolute Gasteiger partial charge is 0.328 e. The van der Waals surface area contributed by atoms with Crippen molar-refractivity contribution < 1.29 is 9.53 Å². The van der Waals surface area contributed by atoms with Gasteiger partial charge in [0.05, 0.1) is 12.3 Å². The average molecular weight is 288 g/mol. The Bertz CT molecular complexity index is 384. The molecule has 0 spiro atoms. The molecule has 0 bridgehead atoms. The molecule has 0 saturated carbocycles. The van der Waals surface area contributed by atoms with Crippen LogP contribution in [0.25, 0.3) is 0 Å². The summed E-state index contributed by atoms with van der Waals surface area (Å²) < 4.78 is 5.65. The number of nitrogens with one attached hydrogen (secondary N) is 1. The standard InChI is InChI=1S/C10H14BrN3O2/c1-3-16-10(15)6(2)14-9-8(12)4-7(11)5-13-9/h4-6H,3,12H2,1-2H3,(H,13,14). The number of esters is 1. The van der Waals surface area contributed by atoms with E-state index < -0.39 is 6.04 Å². The minimum atomic E-state index is -0.476. The summed E-state index contributed by atoms with van der Waals surface area (Å²) in [5.41, 5.74) is 6.21. The number of hydrogen-bond donors (Lipinski definition) is 2. The summed E-state index contributed by atoms with van der Waals surface area (Å²) in [6, 6.07) is 1.24. The fourth-order valence-corrected chi connectivity index (χ4v) is 1.46. The van der Waals surface area contributed by atoms with E-state index in [1.54, 1.807) is 26.1 Å². The van der Waals surface area contributed by atoms with Crippen molar-refractivity contribution in [2.24, 2.45) is 0 Å². The van der Waals surface area contributed by atoms with Crippen molar-refractivity contribution in [1.29, 1.82) is 0 Å². The number of halogens is 1. The molecule has 1 heterocycles. The van der Waals surface area contributed by atoms with E-state index in [-0.39, 0.29) is 5.97 Å². The molecular formula is C10H14BrN3O2. The van der Waals surface area contributed by atoms with Crippen LogP contribution in [0.4, 0.5) is 11.5 Å². The Morgan fingerprint density at radius 1 is 1.75 bits per heavy atom. The lowest BCUT2D eigenvalue weighted by Crippen LogP contribution is -2.28. The average Bonchev–Trinajstić information content (AvgIpc) is 2.22. The molecule has 88 valence electrons. The SMILES string of the molecule is CCOC(=O)C(C)Nc1ncc(Br)cc1N. The maximum atomic E-state index is 11.4. The Morgan fingerprint density at radius 2 is 2.44 bits per heavy atom. The normalized spacial score (nSPS) is 11.9. The molecule has 0 radical (unpaired) electrons. The van der Waals surface area contributed by atoms with Crippen LogP contribution < -0.4 is 11.1 Å². The molecule has 0 aliphatic rings. The van der Waals surface area contributed by atoms with Gasteiger partial charge in [-0.1, -0.05) is 0 Å². The van der Waals surface area contributed by atoms with Gasteiger partial charge in [-0.15, -0.1) is 0 Å². The van der Waals surface area contributed by atoms with Crippen LogP contribution in [0.15, 0.2) is 16.7 Å². The molecule has 16 heavy (non-hydrogen) atoms. The number of carbonyl (C=O) groups is 1. The third-order valence-corrected chi connectivity index (χ3v) is 2.31. The van der Waals surface area contributed by atoms with Crippen molar-refractivity contribution in [3.05, 3.63) is 16.7 Å². The summed E-state index contributed by atoms with van der Waals surface area (Å²) in [6.07, 6.45) is 1.61. The third-order valence-electron chi connectivity index (χ3n) is 1.88. The van der Waals surface area contributed by atoms with Gasteiger partial charge >= 0.3 is 5.97 Å². The van der Waals surface area contributed by atoms with E-state index in [2.05, 4.69) is 26.2 Å². The lowest BCUT2D eigenvalue weighted by Gasteiger charge is -2.14. The summed E-state index contributed by atoms with van der Waals surface area (Å²) in [7, 11) is 0. The maximum Gasteiger partial charge on any atom is 0.328 e. The highest BCUT2D eigenvalue weighted by Crippen LogP contribution is 2.20. The molecule has 5 nitrogen and oxygen atoms in total. The molecule has 1 aromatic rings. The monoisotopic (exact) mass is 287 g/mol. The van der Waals surface area contributed by atoms with Gasteiger partial charge in [0, 0.05) is 10.7 Å². The first-order valence-corrected chi connectivity index (χ1v) is 5.68. The highest BCUT2D eigenvalue weighted by Gasteiger charge is 2.15. The molecule has 1 rings (SSSR count). The Hall–Kier alpha value is -1.30. The molecule has 1 aromatic heterocycles. The Morgan fingerprint density at radius 3 is 3.00 bits per heavy atom. The van der Waals surface area contributed by atoms with E-state index in [1.807, 2.05) is 0 Å². The lowest BCUT2D eigenvalue weighted by atomic mass is 10.3. The van der Waals surface area contributed by atoms with Gasteiger partial charge in [-0.2, -0.15) is 0 Å². The lowest BCUT2D eigenvalue weighted by molar-refractivity contribution is -0.143. The van der Waals surface area contributed by atoms with Crippen LogP contribution in [0.5, 0.6) is 0 Å². The summed E-state index contributed by atoms with van der Waals surface area (Å²) in [4.78, 5) is 15.4. The number of rotatable bonds is 4. The molecule has 0 saturated heterocycles. The number of nitrogen functional groups attached to an aromatic ring is 1.